The van der Waals surface area contributed by atoms with E-state index in [4.69, 9.17) is 0 Å². The van der Waals surface area contributed by atoms with E-state index in [-0.39, 0.29) is 0 Å². The van der Waals surface area contributed by atoms with Crippen LogP contribution in [0, 0.1) is 0 Å². The Labute approximate surface area is 72.7 Å². The average Bonchev–Trinajstić information content (AvgIpc) is 1.99. The highest BCUT2D eigenvalue weighted by Crippen LogP contribution is 1.97. The maximum atomic E-state index is 10.9. The normalized spacial score (nSPS) is 8.82. The zero-order chi connectivity index (χ0) is 8.53. The van der Waals surface area contributed by atoms with Crippen molar-refractivity contribution in [3.63, 3.8) is 0 Å². The van der Waals surface area contributed by atoms with Crippen LogP contribution < -0.4 is 0 Å². The number of ketones is 1. The number of carbonyl (C=O) groups is 1. The van der Waals surface area contributed by atoms with Crippen molar-refractivity contribution in [2.75, 3.05) is 6.54 Å². The molecule has 0 aliphatic carbocycles. The molecule has 0 rings (SSSR count). The molecule has 0 heterocycles. The number of Topliss-reactive ketones (excluding diaryl/α,β-unsaturated/α-hetero) is 1. The number of thiocarbonyl (C=S) groups is 1. The van der Waals surface area contributed by atoms with Crippen LogP contribution in [0.25, 0.3) is 0 Å². The van der Waals surface area contributed by atoms with E-state index in [1.54, 1.807) is 0 Å². The lowest BCUT2D eigenvalue weighted by Gasteiger charge is -1.94. The third-order valence-corrected chi connectivity index (χ3v) is 1.45. The van der Waals surface area contributed by atoms with Gasteiger partial charge >= 0.3 is 0 Å². The summed E-state index contributed by atoms with van der Waals surface area (Å²) in [6.45, 7) is 2.64. The summed E-state index contributed by atoms with van der Waals surface area (Å²) >= 11 is 4.38. The molecule has 0 aromatic heterocycles. The lowest BCUT2D eigenvalue weighted by molar-refractivity contribution is -0.119. The molecule has 3 heteroatoms. The van der Waals surface area contributed by atoms with Gasteiger partial charge in [0.25, 0.3) is 0 Å². The van der Waals surface area contributed by atoms with Crippen LogP contribution in [-0.4, -0.2) is 17.5 Å². The summed E-state index contributed by atoms with van der Waals surface area (Å²) in [5.74, 6) is 0.326. The molecule has 0 aromatic rings. The molecule has 0 aliphatic rings. The molecule has 0 aliphatic heterocycles. The molecule has 0 spiro atoms. The number of hydrogen-bond donors (Lipinski definition) is 0. The number of rotatable bonds is 6. The molecular formula is C8H13NOS. The first-order valence-corrected chi connectivity index (χ1v) is 4.27. The summed E-state index contributed by atoms with van der Waals surface area (Å²) in [7, 11) is 0. The van der Waals surface area contributed by atoms with Crippen molar-refractivity contribution in [3.05, 3.63) is 0 Å². The lowest BCUT2D eigenvalue weighted by Crippen LogP contribution is -1.97. The van der Waals surface area contributed by atoms with Crippen molar-refractivity contribution in [1.82, 2.24) is 0 Å². The summed E-state index contributed by atoms with van der Waals surface area (Å²) < 4.78 is 0. The smallest absolute Gasteiger partial charge is 0.132 e. The van der Waals surface area contributed by atoms with Gasteiger partial charge in [0.15, 0.2) is 0 Å². The Balaban J connectivity index is 3.23. The van der Waals surface area contributed by atoms with Gasteiger partial charge in [0.05, 0.1) is 5.16 Å². The van der Waals surface area contributed by atoms with E-state index in [0.717, 1.165) is 12.8 Å². The first kappa shape index (κ1) is 10.5. The van der Waals surface area contributed by atoms with Crippen molar-refractivity contribution < 1.29 is 4.79 Å². The fourth-order valence-corrected chi connectivity index (χ4v) is 0.896. The predicted molar refractivity (Wildman–Crippen MR) is 49.0 cm³/mol. The highest BCUT2D eigenvalue weighted by Gasteiger charge is 1.97. The Hall–Kier alpha value is -0.530. The van der Waals surface area contributed by atoms with Crippen LogP contribution in [-0.2, 0) is 4.79 Å². The second-order valence-corrected chi connectivity index (χ2v) is 2.55. The maximum absolute atomic E-state index is 10.9. The van der Waals surface area contributed by atoms with Gasteiger partial charge in [-0.3, -0.25) is 4.79 Å². The number of carbonyl (C=O) groups excluding carboxylic acids is 1. The Morgan fingerprint density at radius 1 is 1.55 bits per heavy atom. The van der Waals surface area contributed by atoms with Crippen molar-refractivity contribution in [1.29, 1.82) is 0 Å². The number of nitrogens with zero attached hydrogens (tertiary/aromatic N) is 1. The zero-order valence-corrected chi connectivity index (χ0v) is 7.62. The Bertz CT molecular complexity index is 161. The monoisotopic (exact) mass is 171 g/mol. The second-order valence-electron chi connectivity index (χ2n) is 2.37. The van der Waals surface area contributed by atoms with E-state index in [0.29, 0.717) is 25.2 Å². The minimum absolute atomic E-state index is 0.326. The first-order valence-electron chi connectivity index (χ1n) is 3.86. The Morgan fingerprint density at radius 2 is 2.27 bits per heavy atom. The van der Waals surface area contributed by atoms with Gasteiger partial charge in [-0.25, -0.2) is 4.99 Å². The zero-order valence-electron chi connectivity index (χ0n) is 6.80. The van der Waals surface area contributed by atoms with Crippen molar-refractivity contribution in [2.24, 2.45) is 4.99 Å². The van der Waals surface area contributed by atoms with Gasteiger partial charge in [-0.05, 0) is 25.1 Å². The summed E-state index contributed by atoms with van der Waals surface area (Å²) in [5.41, 5.74) is 0. The van der Waals surface area contributed by atoms with Gasteiger partial charge in [0.1, 0.15) is 5.78 Å². The quantitative estimate of drug-likeness (QED) is 0.348. The van der Waals surface area contributed by atoms with E-state index in [1.165, 1.54) is 0 Å². The summed E-state index contributed by atoms with van der Waals surface area (Å²) in [6, 6.07) is 0. The topological polar surface area (TPSA) is 29.4 Å². The third-order valence-electron chi connectivity index (χ3n) is 1.32. The van der Waals surface area contributed by atoms with Crippen molar-refractivity contribution in [3.8, 4) is 0 Å². The van der Waals surface area contributed by atoms with E-state index in [2.05, 4.69) is 22.4 Å². The molecule has 0 N–H and O–H groups in total. The standard InChI is InChI=1S/C8H13NOS/c1-2-4-8(10)5-3-6-9-7-11/h2-6H2,1H3. The molecule has 62 valence electrons. The molecule has 0 fully saturated rings. The van der Waals surface area contributed by atoms with Crippen LogP contribution >= 0.6 is 12.2 Å². The molecule has 0 atom stereocenters. The number of hydrogen-bond acceptors (Lipinski definition) is 3. The second kappa shape index (κ2) is 7.58. The summed E-state index contributed by atoms with van der Waals surface area (Å²) in [4.78, 5) is 14.6. The Morgan fingerprint density at radius 3 is 2.82 bits per heavy atom. The predicted octanol–water partition coefficient (Wildman–Crippen LogP) is 2.24. The summed E-state index contributed by atoms with van der Waals surface area (Å²) in [6.07, 6.45) is 3.08. The fraction of sp³-hybridized carbons (Fsp3) is 0.750. The van der Waals surface area contributed by atoms with Gasteiger partial charge in [-0.2, -0.15) is 0 Å². The minimum atomic E-state index is 0.326. The molecule has 0 unspecified atom stereocenters. The van der Waals surface area contributed by atoms with Gasteiger partial charge in [-0.1, -0.05) is 6.92 Å². The van der Waals surface area contributed by atoms with Crippen LogP contribution in [0.5, 0.6) is 0 Å². The highest BCUT2D eigenvalue weighted by molar-refractivity contribution is 7.78. The molecule has 0 aromatic carbocycles. The molecule has 0 saturated heterocycles. The van der Waals surface area contributed by atoms with E-state index in [1.807, 2.05) is 6.92 Å². The van der Waals surface area contributed by atoms with Gasteiger partial charge < -0.3 is 0 Å². The molecule has 0 radical (unpaired) electrons. The number of aliphatic imine (C=N–C) groups is 1. The molecule has 2 nitrogen and oxygen atoms in total. The third kappa shape index (κ3) is 7.37. The van der Waals surface area contributed by atoms with Gasteiger partial charge in [0, 0.05) is 19.4 Å². The lowest BCUT2D eigenvalue weighted by atomic mass is 10.1. The molecule has 11 heavy (non-hydrogen) atoms. The summed E-state index contributed by atoms with van der Waals surface area (Å²) in [5, 5.41) is 2.27. The number of isothiocyanates is 1. The first-order chi connectivity index (χ1) is 5.31. The average molecular weight is 171 g/mol. The van der Waals surface area contributed by atoms with Crippen molar-refractivity contribution >= 4 is 23.2 Å². The molecule has 0 amide bonds. The maximum Gasteiger partial charge on any atom is 0.132 e. The fourth-order valence-electron chi connectivity index (χ4n) is 0.805. The van der Waals surface area contributed by atoms with E-state index >= 15 is 0 Å². The van der Waals surface area contributed by atoms with Crippen LogP contribution in [0.2, 0.25) is 0 Å². The molecule has 0 saturated carbocycles. The minimum Gasteiger partial charge on any atom is -0.300 e. The van der Waals surface area contributed by atoms with Crippen LogP contribution in [0.1, 0.15) is 32.6 Å². The Kier molecular flexibility index (Phi) is 7.21. The van der Waals surface area contributed by atoms with E-state index < -0.39 is 0 Å². The van der Waals surface area contributed by atoms with Gasteiger partial charge in [0.2, 0.25) is 0 Å². The largest absolute Gasteiger partial charge is 0.300 e. The highest BCUT2D eigenvalue weighted by atomic mass is 32.1. The van der Waals surface area contributed by atoms with Crippen LogP contribution in [0.4, 0.5) is 0 Å². The van der Waals surface area contributed by atoms with E-state index in [9.17, 15) is 4.79 Å². The SMILES string of the molecule is CCCC(=O)CCCN=C=S. The van der Waals surface area contributed by atoms with Crippen LogP contribution in [0.15, 0.2) is 4.99 Å². The van der Waals surface area contributed by atoms with Crippen molar-refractivity contribution in [2.45, 2.75) is 32.6 Å². The molecule has 0 bridgehead atoms. The molecular weight excluding hydrogens is 158 g/mol. The van der Waals surface area contributed by atoms with Gasteiger partial charge in [-0.15, -0.1) is 0 Å². The van der Waals surface area contributed by atoms with Crippen LogP contribution in [0.3, 0.4) is 0 Å².